The number of carbonyl (C=O) groups excluding carboxylic acids is 1. The van der Waals surface area contributed by atoms with Gasteiger partial charge >= 0.3 is 0 Å². The Morgan fingerprint density at radius 3 is 2.50 bits per heavy atom. The van der Waals surface area contributed by atoms with Crippen molar-refractivity contribution in [2.75, 3.05) is 12.5 Å². The maximum Gasteiger partial charge on any atom is 0.210 e. The molecule has 0 saturated heterocycles. The van der Waals surface area contributed by atoms with Crippen molar-refractivity contribution in [3.05, 3.63) is 70.5 Å². The Kier molecular flexibility index (Phi) is 4.85. The number of aryl methyl sites for hydroxylation is 3. The van der Waals surface area contributed by atoms with Crippen molar-refractivity contribution >= 4 is 17.5 Å². The molecule has 6 nitrogen and oxygen atoms in total. The Balaban J connectivity index is 1.74. The molecule has 3 aromatic rings. The lowest BCUT2D eigenvalue weighted by atomic mass is 9.95. The number of methoxy groups -OCH3 is 1. The van der Waals surface area contributed by atoms with Crippen LogP contribution in [0.15, 0.2) is 47.6 Å². The molecule has 144 valence electrons. The Morgan fingerprint density at radius 1 is 1.07 bits per heavy atom. The maximum atomic E-state index is 13.4. The van der Waals surface area contributed by atoms with Gasteiger partial charge in [-0.2, -0.15) is 0 Å². The van der Waals surface area contributed by atoms with Crippen LogP contribution in [0.1, 0.15) is 38.9 Å². The van der Waals surface area contributed by atoms with Gasteiger partial charge in [-0.15, -0.1) is 10.2 Å². The molecule has 0 bridgehead atoms. The Hall–Kier alpha value is -2.80. The molecule has 0 amide bonds. The molecule has 0 spiro atoms. The first-order chi connectivity index (χ1) is 13.5. The van der Waals surface area contributed by atoms with Crippen molar-refractivity contribution in [1.29, 1.82) is 0 Å². The number of ketones is 1. The Bertz CT molecular complexity index is 1030. The van der Waals surface area contributed by atoms with Gasteiger partial charge in [0.25, 0.3) is 0 Å². The summed E-state index contributed by atoms with van der Waals surface area (Å²) in [6.45, 7) is 5.96. The van der Waals surface area contributed by atoms with E-state index in [0.717, 1.165) is 22.7 Å². The van der Waals surface area contributed by atoms with Crippen LogP contribution in [0.2, 0.25) is 0 Å². The van der Waals surface area contributed by atoms with Gasteiger partial charge in [0.15, 0.2) is 5.78 Å². The SMILES string of the molecule is COc1ccc([C@@H]2Nn3c(C)nnc3S[C@H]2C(=O)c2ccc(C)c(C)c2)cc1. The number of benzene rings is 2. The number of ether oxygens (including phenoxy) is 1. The molecule has 0 radical (unpaired) electrons. The van der Waals surface area contributed by atoms with E-state index >= 15 is 0 Å². The number of nitrogens with zero attached hydrogens (tertiary/aromatic N) is 3. The summed E-state index contributed by atoms with van der Waals surface area (Å²) in [5.74, 6) is 1.62. The summed E-state index contributed by atoms with van der Waals surface area (Å²) in [7, 11) is 1.64. The quantitative estimate of drug-likeness (QED) is 0.678. The van der Waals surface area contributed by atoms with Crippen LogP contribution in [0.5, 0.6) is 5.75 Å². The van der Waals surface area contributed by atoms with Gasteiger partial charge in [-0.1, -0.05) is 36.0 Å². The minimum Gasteiger partial charge on any atom is -0.497 e. The van der Waals surface area contributed by atoms with Gasteiger partial charge in [0.05, 0.1) is 13.2 Å². The van der Waals surface area contributed by atoms with E-state index in [1.807, 2.05) is 67.9 Å². The van der Waals surface area contributed by atoms with Crippen LogP contribution in [0.25, 0.3) is 0 Å². The zero-order valence-electron chi connectivity index (χ0n) is 16.3. The fourth-order valence-corrected chi connectivity index (χ4v) is 4.48. The molecule has 1 aliphatic rings. The minimum absolute atomic E-state index is 0.0771. The molecule has 0 unspecified atom stereocenters. The molecule has 1 aromatic heterocycles. The first-order valence-corrected chi connectivity index (χ1v) is 9.96. The van der Waals surface area contributed by atoms with Gasteiger partial charge in [-0.25, -0.2) is 4.68 Å². The summed E-state index contributed by atoms with van der Waals surface area (Å²) in [6, 6.07) is 13.5. The molecule has 1 N–H and O–H groups in total. The monoisotopic (exact) mass is 394 g/mol. The van der Waals surface area contributed by atoms with Crippen LogP contribution in [-0.4, -0.2) is 33.0 Å². The molecular weight excluding hydrogens is 372 g/mol. The van der Waals surface area contributed by atoms with Gasteiger partial charge in [0, 0.05) is 5.56 Å². The number of Topliss-reactive ketones (excluding diaryl/α,β-unsaturated/α-hetero) is 1. The molecule has 2 heterocycles. The molecule has 0 saturated carbocycles. The van der Waals surface area contributed by atoms with Crippen LogP contribution >= 0.6 is 11.8 Å². The van der Waals surface area contributed by atoms with Gasteiger partial charge in [-0.05, 0) is 55.7 Å². The first kappa shape index (κ1) is 18.6. The number of thioether (sulfide) groups is 1. The average molecular weight is 395 g/mol. The van der Waals surface area contributed by atoms with E-state index in [-0.39, 0.29) is 17.1 Å². The summed E-state index contributed by atoms with van der Waals surface area (Å²) in [5, 5.41) is 8.70. The summed E-state index contributed by atoms with van der Waals surface area (Å²) >= 11 is 1.45. The van der Waals surface area contributed by atoms with E-state index < -0.39 is 0 Å². The number of hydrogen-bond acceptors (Lipinski definition) is 6. The van der Waals surface area contributed by atoms with E-state index in [2.05, 4.69) is 15.6 Å². The zero-order valence-corrected chi connectivity index (χ0v) is 17.1. The normalized spacial score (nSPS) is 18.3. The summed E-state index contributed by atoms with van der Waals surface area (Å²) in [5.41, 5.74) is 7.44. The lowest BCUT2D eigenvalue weighted by Gasteiger charge is -2.33. The zero-order chi connectivity index (χ0) is 19.8. The Labute approximate surface area is 168 Å². The lowest BCUT2D eigenvalue weighted by Crippen LogP contribution is -2.39. The average Bonchev–Trinajstić information content (AvgIpc) is 3.08. The molecule has 28 heavy (non-hydrogen) atoms. The summed E-state index contributed by atoms with van der Waals surface area (Å²) in [6.07, 6.45) is 0. The van der Waals surface area contributed by atoms with Crippen LogP contribution in [0, 0.1) is 20.8 Å². The number of nitrogens with one attached hydrogen (secondary N) is 1. The molecule has 0 aliphatic carbocycles. The van der Waals surface area contributed by atoms with Crippen LogP contribution in [0.3, 0.4) is 0 Å². The van der Waals surface area contributed by atoms with Crippen molar-refractivity contribution in [3.63, 3.8) is 0 Å². The van der Waals surface area contributed by atoms with E-state index in [1.54, 1.807) is 7.11 Å². The number of carbonyl (C=O) groups is 1. The Morgan fingerprint density at radius 2 is 1.82 bits per heavy atom. The topological polar surface area (TPSA) is 69.0 Å². The molecule has 7 heteroatoms. The standard InChI is InChI=1S/C21H22N4O2S/c1-12-5-6-16(11-13(12)2)19(26)20-18(15-7-9-17(27-4)10-8-15)24-25-14(3)22-23-21(25)28-20/h5-11,18,20,24H,1-4H3/t18-,20+/m0/s1. The lowest BCUT2D eigenvalue weighted by molar-refractivity contribution is 0.0980. The summed E-state index contributed by atoms with van der Waals surface area (Å²) in [4.78, 5) is 13.4. The van der Waals surface area contributed by atoms with E-state index in [9.17, 15) is 4.79 Å². The maximum absolute atomic E-state index is 13.4. The smallest absolute Gasteiger partial charge is 0.210 e. The third kappa shape index (κ3) is 3.26. The highest BCUT2D eigenvalue weighted by atomic mass is 32.2. The van der Waals surface area contributed by atoms with Crippen LogP contribution < -0.4 is 10.2 Å². The van der Waals surface area contributed by atoms with Crippen LogP contribution in [-0.2, 0) is 0 Å². The van der Waals surface area contributed by atoms with E-state index in [1.165, 1.54) is 17.3 Å². The van der Waals surface area contributed by atoms with Gasteiger partial charge < -0.3 is 10.2 Å². The van der Waals surface area contributed by atoms with E-state index in [4.69, 9.17) is 4.74 Å². The van der Waals surface area contributed by atoms with Crippen LogP contribution in [0.4, 0.5) is 0 Å². The van der Waals surface area contributed by atoms with Crippen molar-refractivity contribution in [2.24, 2.45) is 0 Å². The highest BCUT2D eigenvalue weighted by Crippen LogP contribution is 2.39. The number of rotatable bonds is 4. The predicted molar refractivity (Wildman–Crippen MR) is 110 cm³/mol. The van der Waals surface area contributed by atoms with Gasteiger partial charge in [-0.3, -0.25) is 4.79 Å². The largest absolute Gasteiger partial charge is 0.497 e. The molecule has 2 atom stereocenters. The van der Waals surface area contributed by atoms with Crippen molar-refractivity contribution in [3.8, 4) is 5.75 Å². The van der Waals surface area contributed by atoms with Crippen molar-refractivity contribution in [2.45, 2.75) is 37.2 Å². The fraction of sp³-hybridized carbons (Fsp3) is 0.286. The number of fused-ring (bicyclic) bond motifs is 1. The first-order valence-electron chi connectivity index (χ1n) is 9.08. The van der Waals surface area contributed by atoms with E-state index in [0.29, 0.717) is 10.7 Å². The van der Waals surface area contributed by atoms with Crippen molar-refractivity contribution < 1.29 is 9.53 Å². The highest BCUT2D eigenvalue weighted by Gasteiger charge is 2.37. The molecular formula is C21H22N4O2S. The second-order valence-electron chi connectivity index (χ2n) is 6.95. The van der Waals surface area contributed by atoms with Crippen molar-refractivity contribution in [1.82, 2.24) is 14.9 Å². The summed E-state index contributed by atoms with van der Waals surface area (Å²) < 4.78 is 7.12. The highest BCUT2D eigenvalue weighted by molar-refractivity contribution is 8.00. The van der Waals surface area contributed by atoms with Gasteiger partial charge in [0.2, 0.25) is 5.16 Å². The molecule has 1 aliphatic heterocycles. The predicted octanol–water partition coefficient (Wildman–Crippen LogP) is 3.85. The minimum atomic E-state index is -0.355. The second-order valence-corrected chi connectivity index (χ2v) is 8.06. The van der Waals surface area contributed by atoms with Gasteiger partial charge in [0.1, 0.15) is 16.8 Å². The third-order valence-electron chi connectivity index (χ3n) is 5.12. The molecule has 4 rings (SSSR count). The third-order valence-corrected chi connectivity index (χ3v) is 6.34. The number of hydrogen-bond donors (Lipinski definition) is 1. The molecule has 2 aromatic carbocycles. The fourth-order valence-electron chi connectivity index (χ4n) is 3.28. The second kappa shape index (κ2) is 7.31. The number of aromatic nitrogens is 3. The molecule has 0 fully saturated rings.